The highest BCUT2D eigenvalue weighted by atomic mass is 32.1. The third kappa shape index (κ3) is 4.45. The highest BCUT2D eigenvalue weighted by molar-refractivity contribution is 7.10. The third-order valence-corrected chi connectivity index (χ3v) is 5.08. The number of aryl methyl sites for hydroxylation is 2. The van der Waals surface area contributed by atoms with Crippen molar-refractivity contribution in [1.29, 1.82) is 0 Å². The van der Waals surface area contributed by atoms with Gasteiger partial charge in [-0.2, -0.15) is 0 Å². The van der Waals surface area contributed by atoms with Gasteiger partial charge in [0.25, 0.3) is 5.91 Å². The molecule has 146 valence electrons. The number of carbonyl (C=O) groups excluding carboxylic acids is 2. The summed E-state index contributed by atoms with van der Waals surface area (Å²) in [6, 6.07) is 9.17. The molecule has 8 heteroatoms. The number of amides is 1. The van der Waals surface area contributed by atoms with Crippen LogP contribution in [0.15, 0.2) is 46.3 Å². The van der Waals surface area contributed by atoms with Crippen LogP contribution in [0.1, 0.15) is 45.2 Å². The van der Waals surface area contributed by atoms with Crippen LogP contribution in [0.4, 0.5) is 4.39 Å². The molecule has 0 saturated heterocycles. The van der Waals surface area contributed by atoms with Crippen molar-refractivity contribution in [2.24, 2.45) is 0 Å². The molecule has 1 N–H and O–H groups in total. The Morgan fingerprint density at radius 2 is 2.04 bits per heavy atom. The van der Waals surface area contributed by atoms with Gasteiger partial charge in [0.15, 0.2) is 6.61 Å². The lowest BCUT2D eigenvalue weighted by Crippen LogP contribution is -2.32. The third-order valence-electron chi connectivity index (χ3n) is 4.14. The number of carbonyl (C=O) groups is 2. The Balaban J connectivity index is 1.68. The molecule has 2 heterocycles. The Morgan fingerprint density at radius 1 is 1.29 bits per heavy atom. The molecule has 0 fully saturated rings. The number of aromatic nitrogens is 1. The lowest BCUT2D eigenvalue weighted by Gasteiger charge is -2.18. The molecule has 3 rings (SSSR count). The van der Waals surface area contributed by atoms with Crippen LogP contribution in [0.5, 0.6) is 0 Å². The van der Waals surface area contributed by atoms with E-state index in [4.69, 9.17) is 9.26 Å². The van der Waals surface area contributed by atoms with E-state index in [-0.39, 0.29) is 11.4 Å². The summed E-state index contributed by atoms with van der Waals surface area (Å²) in [5, 5.41) is 8.53. The van der Waals surface area contributed by atoms with Crippen LogP contribution >= 0.6 is 11.3 Å². The molecule has 0 aliphatic heterocycles. The minimum atomic E-state index is -0.653. The number of hydrogen-bond acceptors (Lipinski definition) is 6. The molecule has 6 nitrogen and oxygen atoms in total. The van der Waals surface area contributed by atoms with E-state index in [0.29, 0.717) is 17.9 Å². The topological polar surface area (TPSA) is 81.4 Å². The van der Waals surface area contributed by atoms with Crippen LogP contribution in [0.3, 0.4) is 0 Å². The molecule has 0 spiro atoms. The van der Waals surface area contributed by atoms with E-state index in [0.717, 1.165) is 10.4 Å². The van der Waals surface area contributed by atoms with Gasteiger partial charge < -0.3 is 14.6 Å². The Kier molecular flexibility index (Phi) is 6.20. The van der Waals surface area contributed by atoms with Crippen LogP contribution in [0.2, 0.25) is 0 Å². The van der Waals surface area contributed by atoms with Gasteiger partial charge in [-0.1, -0.05) is 30.3 Å². The Hall–Kier alpha value is -3.00. The first kappa shape index (κ1) is 19.8. The van der Waals surface area contributed by atoms with E-state index in [1.165, 1.54) is 23.5 Å². The van der Waals surface area contributed by atoms with E-state index < -0.39 is 24.5 Å². The molecule has 0 radical (unpaired) electrons. The molecule has 3 aromatic rings. The molecule has 1 aromatic carbocycles. The zero-order valence-electron chi connectivity index (χ0n) is 15.4. The lowest BCUT2D eigenvalue weighted by atomic mass is 10.1. The van der Waals surface area contributed by atoms with Gasteiger partial charge >= 0.3 is 5.97 Å². The fourth-order valence-electron chi connectivity index (χ4n) is 2.76. The van der Waals surface area contributed by atoms with Crippen LogP contribution < -0.4 is 5.32 Å². The highest BCUT2D eigenvalue weighted by Gasteiger charge is 2.23. The Morgan fingerprint density at radius 3 is 2.68 bits per heavy atom. The first-order valence-corrected chi connectivity index (χ1v) is 9.58. The minimum absolute atomic E-state index is 0.253. The first-order valence-electron chi connectivity index (χ1n) is 8.70. The monoisotopic (exact) mass is 402 g/mol. The maximum absolute atomic E-state index is 13.2. The summed E-state index contributed by atoms with van der Waals surface area (Å²) >= 11 is 1.46. The van der Waals surface area contributed by atoms with Gasteiger partial charge in [-0.15, -0.1) is 11.3 Å². The van der Waals surface area contributed by atoms with Crippen molar-refractivity contribution in [3.63, 3.8) is 0 Å². The summed E-state index contributed by atoms with van der Waals surface area (Å²) in [7, 11) is 0. The minimum Gasteiger partial charge on any atom is -0.452 e. The second kappa shape index (κ2) is 8.79. The van der Waals surface area contributed by atoms with Crippen LogP contribution in [0.25, 0.3) is 0 Å². The molecule has 0 aliphatic carbocycles. The van der Waals surface area contributed by atoms with Crippen LogP contribution in [0, 0.1) is 12.7 Å². The SMILES string of the molecule is CCc1noc(C)c1C(=O)OCC(=O)N[C@@H](c1ccc(F)cc1)c1cccs1. The number of nitrogens with zero attached hydrogens (tertiary/aromatic N) is 1. The zero-order chi connectivity index (χ0) is 20.1. The summed E-state index contributed by atoms with van der Waals surface area (Å²) in [5.41, 5.74) is 1.47. The molecule has 0 aliphatic rings. The van der Waals surface area contributed by atoms with Crippen LogP contribution in [-0.4, -0.2) is 23.6 Å². The second-order valence-electron chi connectivity index (χ2n) is 6.06. The fourth-order valence-corrected chi connectivity index (χ4v) is 3.56. The van der Waals surface area contributed by atoms with E-state index in [9.17, 15) is 14.0 Å². The van der Waals surface area contributed by atoms with Gasteiger partial charge in [-0.05, 0) is 42.5 Å². The number of rotatable bonds is 7. The number of ether oxygens (including phenoxy) is 1. The number of hydrogen-bond donors (Lipinski definition) is 1. The van der Waals surface area contributed by atoms with E-state index in [1.54, 1.807) is 19.1 Å². The van der Waals surface area contributed by atoms with Gasteiger partial charge in [-0.25, -0.2) is 9.18 Å². The molecule has 1 atom stereocenters. The van der Waals surface area contributed by atoms with E-state index in [1.807, 2.05) is 24.4 Å². The van der Waals surface area contributed by atoms with Crippen molar-refractivity contribution in [1.82, 2.24) is 10.5 Å². The Bertz CT molecular complexity index is 951. The summed E-state index contributed by atoms with van der Waals surface area (Å²) in [6.45, 7) is 3.01. The normalized spacial score (nSPS) is 11.8. The van der Waals surface area contributed by atoms with Crippen molar-refractivity contribution >= 4 is 23.2 Å². The largest absolute Gasteiger partial charge is 0.452 e. The van der Waals surface area contributed by atoms with E-state index >= 15 is 0 Å². The predicted octanol–water partition coefficient (Wildman–Crippen LogP) is 3.81. The second-order valence-corrected chi connectivity index (χ2v) is 7.04. The highest BCUT2D eigenvalue weighted by Crippen LogP contribution is 2.26. The predicted molar refractivity (Wildman–Crippen MR) is 102 cm³/mol. The first-order chi connectivity index (χ1) is 13.5. The molecule has 0 bridgehead atoms. The molecule has 0 saturated carbocycles. The number of nitrogens with one attached hydrogen (secondary N) is 1. The number of halogens is 1. The molecular formula is C20H19FN2O4S. The van der Waals surface area contributed by atoms with Gasteiger partial charge in [0.1, 0.15) is 17.1 Å². The van der Waals surface area contributed by atoms with Crippen molar-refractivity contribution < 1.29 is 23.2 Å². The average molecular weight is 402 g/mol. The number of esters is 1. The molecule has 28 heavy (non-hydrogen) atoms. The van der Waals surface area contributed by atoms with Gasteiger partial charge in [-0.3, -0.25) is 4.79 Å². The molecular weight excluding hydrogens is 383 g/mol. The quantitative estimate of drug-likeness (QED) is 0.608. The summed E-state index contributed by atoms with van der Waals surface area (Å²) in [6.07, 6.45) is 0.513. The van der Waals surface area contributed by atoms with Gasteiger partial charge in [0, 0.05) is 4.88 Å². The molecule has 1 amide bonds. The van der Waals surface area contributed by atoms with Gasteiger partial charge in [0.2, 0.25) is 0 Å². The fraction of sp³-hybridized carbons (Fsp3) is 0.250. The summed E-state index contributed by atoms with van der Waals surface area (Å²) in [4.78, 5) is 25.6. The maximum Gasteiger partial charge on any atom is 0.344 e. The zero-order valence-corrected chi connectivity index (χ0v) is 16.2. The van der Waals surface area contributed by atoms with Crippen molar-refractivity contribution in [3.05, 3.63) is 75.1 Å². The van der Waals surface area contributed by atoms with Crippen molar-refractivity contribution in [2.75, 3.05) is 6.61 Å². The van der Waals surface area contributed by atoms with Crippen molar-refractivity contribution in [2.45, 2.75) is 26.3 Å². The molecule has 0 unspecified atom stereocenters. The standard InChI is InChI=1S/C20H19FN2O4S/c1-3-15-18(12(2)27-23-15)20(25)26-11-17(24)22-19(16-5-4-10-28-16)13-6-8-14(21)9-7-13/h4-10,19H,3,11H2,1-2H3,(H,22,24)/t19-/m0/s1. The lowest BCUT2D eigenvalue weighted by molar-refractivity contribution is -0.124. The number of thiophene rings is 1. The summed E-state index contributed by atoms with van der Waals surface area (Å²) < 4.78 is 23.4. The smallest absolute Gasteiger partial charge is 0.344 e. The maximum atomic E-state index is 13.2. The van der Waals surface area contributed by atoms with E-state index in [2.05, 4.69) is 10.5 Å². The summed E-state index contributed by atoms with van der Waals surface area (Å²) in [5.74, 6) is -1.13. The van der Waals surface area contributed by atoms with Crippen molar-refractivity contribution in [3.8, 4) is 0 Å². The number of benzene rings is 1. The van der Waals surface area contributed by atoms with Gasteiger partial charge in [0.05, 0.1) is 11.7 Å². The molecule has 2 aromatic heterocycles. The van der Waals surface area contributed by atoms with Crippen LogP contribution in [-0.2, 0) is 16.0 Å². The average Bonchev–Trinajstić information content (AvgIpc) is 3.34. The Labute approximate surface area is 165 Å².